The summed E-state index contributed by atoms with van der Waals surface area (Å²) in [5.74, 6) is 2.29. The van der Waals surface area contributed by atoms with Crippen molar-refractivity contribution in [3.8, 4) is 5.75 Å². The standard InChI is InChI=1S/C19H24FN5O2/c1-14-23-17(12-18(24-14)25-10-2-3-11-25)21-8-9-22-19(26)13-27-16-6-4-15(20)5-7-16/h4-7,12H,2-3,8-11,13H2,1H3,(H,22,26)(H,21,23,24). The zero-order chi connectivity index (χ0) is 19.1. The van der Waals surface area contributed by atoms with E-state index in [1.54, 1.807) is 0 Å². The van der Waals surface area contributed by atoms with Crippen molar-refractivity contribution >= 4 is 17.5 Å². The lowest BCUT2D eigenvalue weighted by Gasteiger charge is -2.17. The monoisotopic (exact) mass is 373 g/mol. The fourth-order valence-electron chi connectivity index (χ4n) is 2.87. The van der Waals surface area contributed by atoms with Crippen LogP contribution in [0.2, 0.25) is 0 Å². The van der Waals surface area contributed by atoms with Gasteiger partial charge in [0.15, 0.2) is 6.61 Å². The van der Waals surface area contributed by atoms with Crippen LogP contribution in [0.25, 0.3) is 0 Å². The molecule has 0 unspecified atom stereocenters. The summed E-state index contributed by atoms with van der Waals surface area (Å²) >= 11 is 0. The Balaban J connectivity index is 1.39. The molecule has 2 N–H and O–H groups in total. The van der Waals surface area contributed by atoms with Gasteiger partial charge in [0.2, 0.25) is 0 Å². The van der Waals surface area contributed by atoms with Crippen LogP contribution in [-0.4, -0.2) is 48.7 Å². The largest absolute Gasteiger partial charge is 0.484 e. The van der Waals surface area contributed by atoms with Gasteiger partial charge in [0.05, 0.1) is 0 Å². The summed E-state index contributed by atoms with van der Waals surface area (Å²) in [4.78, 5) is 22.9. The van der Waals surface area contributed by atoms with Gasteiger partial charge in [-0.25, -0.2) is 14.4 Å². The maximum atomic E-state index is 12.8. The van der Waals surface area contributed by atoms with E-state index in [0.29, 0.717) is 18.8 Å². The minimum Gasteiger partial charge on any atom is -0.484 e. The normalized spacial score (nSPS) is 13.5. The Labute approximate surface area is 158 Å². The van der Waals surface area contributed by atoms with Crippen LogP contribution in [0.15, 0.2) is 30.3 Å². The van der Waals surface area contributed by atoms with Gasteiger partial charge in [0.25, 0.3) is 5.91 Å². The average Bonchev–Trinajstić information content (AvgIpc) is 3.19. The molecule has 1 aliphatic rings. The fraction of sp³-hybridized carbons (Fsp3) is 0.421. The summed E-state index contributed by atoms with van der Waals surface area (Å²) < 4.78 is 18.1. The van der Waals surface area contributed by atoms with Gasteiger partial charge in [-0.15, -0.1) is 0 Å². The first-order chi connectivity index (χ1) is 13.1. The quantitative estimate of drug-likeness (QED) is 0.690. The van der Waals surface area contributed by atoms with Crippen LogP contribution in [0.3, 0.4) is 0 Å². The maximum Gasteiger partial charge on any atom is 0.258 e. The molecule has 1 aromatic carbocycles. The van der Waals surface area contributed by atoms with Gasteiger partial charge in [0, 0.05) is 32.2 Å². The Hall–Kier alpha value is -2.90. The van der Waals surface area contributed by atoms with E-state index in [-0.39, 0.29) is 18.3 Å². The van der Waals surface area contributed by atoms with Crippen LogP contribution in [0.4, 0.5) is 16.0 Å². The molecule has 2 heterocycles. The summed E-state index contributed by atoms with van der Waals surface area (Å²) in [6.07, 6.45) is 2.38. The highest BCUT2D eigenvalue weighted by Crippen LogP contribution is 2.20. The van der Waals surface area contributed by atoms with Gasteiger partial charge in [-0.2, -0.15) is 0 Å². The number of hydrogen-bond donors (Lipinski definition) is 2. The van der Waals surface area contributed by atoms with Crippen molar-refractivity contribution < 1.29 is 13.9 Å². The second-order valence-electron chi connectivity index (χ2n) is 6.37. The number of amides is 1. The summed E-state index contributed by atoms with van der Waals surface area (Å²) in [7, 11) is 0. The molecule has 1 saturated heterocycles. The molecule has 0 radical (unpaired) electrons. The molecular weight excluding hydrogens is 349 g/mol. The summed E-state index contributed by atoms with van der Waals surface area (Å²) in [6, 6.07) is 7.49. The fourth-order valence-corrected chi connectivity index (χ4v) is 2.87. The molecule has 3 rings (SSSR count). The highest BCUT2D eigenvalue weighted by atomic mass is 19.1. The highest BCUT2D eigenvalue weighted by Gasteiger charge is 2.15. The minimum absolute atomic E-state index is 0.114. The van der Waals surface area contributed by atoms with Crippen LogP contribution in [0, 0.1) is 12.7 Å². The van der Waals surface area contributed by atoms with Crippen molar-refractivity contribution in [3.63, 3.8) is 0 Å². The SMILES string of the molecule is Cc1nc(NCCNC(=O)COc2ccc(F)cc2)cc(N2CCCC2)n1. The number of halogens is 1. The number of carbonyl (C=O) groups is 1. The molecule has 144 valence electrons. The molecule has 1 fully saturated rings. The molecular formula is C19H24FN5O2. The number of rotatable bonds is 8. The molecule has 7 nitrogen and oxygen atoms in total. The van der Waals surface area contributed by atoms with Gasteiger partial charge in [-0.3, -0.25) is 4.79 Å². The number of ether oxygens (including phenoxy) is 1. The van der Waals surface area contributed by atoms with Gasteiger partial charge in [0.1, 0.15) is 29.0 Å². The number of anilines is 2. The molecule has 0 atom stereocenters. The number of nitrogens with zero attached hydrogens (tertiary/aromatic N) is 3. The van der Waals surface area contributed by atoms with Crippen LogP contribution < -0.4 is 20.3 Å². The zero-order valence-corrected chi connectivity index (χ0v) is 15.4. The molecule has 27 heavy (non-hydrogen) atoms. The van der Waals surface area contributed by atoms with E-state index < -0.39 is 0 Å². The van der Waals surface area contributed by atoms with E-state index in [1.165, 1.54) is 37.1 Å². The van der Waals surface area contributed by atoms with Crippen LogP contribution >= 0.6 is 0 Å². The molecule has 0 spiro atoms. The third-order valence-corrected chi connectivity index (χ3v) is 4.19. The molecule has 1 aromatic heterocycles. The second kappa shape index (κ2) is 9.16. The number of nitrogens with one attached hydrogen (secondary N) is 2. The first-order valence-electron chi connectivity index (χ1n) is 9.10. The van der Waals surface area contributed by atoms with E-state index in [1.807, 2.05) is 13.0 Å². The van der Waals surface area contributed by atoms with Crippen molar-refractivity contribution in [2.24, 2.45) is 0 Å². The molecule has 1 aliphatic heterocycles. The summed E-state index contributed by atoms with van der Waals surface area (Å²) in [5, 5.41) is 5.97. The van der Waals surface area contributed by atoms with Crippen molar-refractivity contribution in [1.29, 1.82) is 0 Å². The number of carbonyl (C=O) groups excluding carboxylic acids is 1. The van der Waals surface area contributed by atoms with E-state index in [9.17, 15) is 9.18 Å². The highest BCUT2D eigenvalue weighted by molar-refractivity contribution is 5.77. The third-order valence-electron chi connectivity index (χ3n) is 4.19. The molecule has 1 amide bonds. The predicted octanol–water partition coefficient (Wildman–Crippen LogP) is 2.13. The van der Waals surface area contributed by atoms with Gasteiger partial charge in [-0.1, -0.05) is 0 Å². The van der Waals surface area contributed by atoms with Crippen LogP contribution in [-0.2, 0) is 4.79 Å². The van der Waals surface area contributed by atoms with Crippen molar-refractivity contribution in [1.82, 2.24) is 15.3 Å². The van der Waals surface area contributed by atoms with Crippen molar-refractivity contribution in [2.75, 3.05) is 43.0 Å². The molecule has 0 bridgehead atoms. The number of aryl methyl sites for hydroxylation is 1. The smallest absolute Gasteiger partial charge is 0.258 e. The van der Waals surface area contributed by atoms with E-state index in [0.717, 1.165) is 30.5 Å². The first kappa shape index (κ1) is 18.9. The molecule has 2 aromatic rings. The van der Waals surface area contributed by atoms with E-state index in [2.05, 4.69) is 25.5 Å². The Kier molecular flexibility index (Phi) is 6.40. The van der Waals surface area contributed by atoms with E-state index in [4.69, 9.17) is 4.74 Å². The van der Waals surface area contributed by atoms with Crippen LogP contribution in [0.1, 0.15) is 18.7 Å². The van der Waals surface area contributed by atoms with Crippen molar-refractivity contribution in [3.05, 3.63) is 42.0 Å². The Morgan fingerprint density at radius 3 is 2.67 bits per heavy atom. The molecule has 0 aliphatic carbocycles. The predicted molar refractivity (Wildman–Crippen MR) is 102 cm³/mol. The Bertz CT molecular complexity index is 763. The van der Waals surface area contributed by atoms with Gasteiger partial charge in [-0.05, 0) is 44.0 Å². The van der Waals surface area contributed by atoms with Gasteiger partial charge >= 0.3 is 0 Å². The molecule has 8 heteroatoms. The van der Waals surface area contributed by atoms with Gasteiger partial charge < -0.3 is 20.3 Å². The average molecular weight is 373 g/mol. The number of benzene rings is 1. The zero-order valence-electron chi connectivity index (χ0n) is 15.4. The lowest BCUT2D eigenvalue weighted by atomic mass is 10.3. The molecule has 0 saturated carbocycles. The Morgan fingerprint density at radius 1 is 1.19 bits per heavy atom. The maximum absolute atomic E-state index is 12.8. The first-order valence-corrected chi connectivity index (χ1v) is 9.10. The summed E-state index contributed by atoms with van der Waals surface area (Å²) in [6.45, 7) is 4.79. The van der Waals surface area contributed by atoms with E-state index >= 15 is 0 Å². The minimum atomic E-state index is -0.342. The van der Waals surface area contributed by atoms with Crippen molar-refractivity contribution in [2.45, 2.75) is 19.8 Å². The summed E-state index contributed by atoms with van der Waals surface area (Å²) in [5.41, 5.74) is 0. The number of hydrogen-bond acceptors (Lipinski definition) is 6. The number of aromatic nitrogens is 2. The van der Waals surface area contributed by atoms with Crippen LogP contribution in [0.5, 0.6) is 5.75 Å². The third kappa shape index (κ3) is 5.80. The second-order valence-corrected chi connectivity index (χ2v) is 6.37. The lowest BCUT2D eigenvalue weighted by molar-refractivity contribution is -0.123. The topological polar surface area (TPSA) is 79.4 Å². The lowest BCUT2D eigenvalue weighted by Crippen LogP contribution is -2.32. The Morgan fingerprint density at radius 2 is 1.93 bits per heavy atom.